The van der Waals surface area contributed by atoms with E-state index < -0.39 is 0 Å². The lowest BCUT2D eigenvalue weighted by atomic mass is 10.2. The van der Waals surface area contributed by atoms with Crippen LogP contribution in [0.4, 0.5) is 0 Å². The van der Waals surface area contributed by atoms with Crippen molar-refractivity contribution in [2.45, 2.75) is 26.2 Å². The zero-order valence-electron chi connectivity index (χ0n) is 10.0. The third kappa shape index (κ3) is 3.26. The number of ketones is 1. The van der Waals surface area contributed by atoms with E-state index in [4.69, 9.17) is 4.52 Å². The van der Waals surface area contributed by atoms with Crippen LogP contribution in [0.2, 0.25) is 0 Å². The number of carbonyl (C=O) groups is 1. The molecule has 0 N–H and O–H groups in total. The van der Waals surface area contributed by atoms with Crippen molar-refractivity contribution >= 4 is 21.7 Å². The van der Waals surface area contributed by atoms with Gasteiger partial charge in [-0.15, -0.1) is 0 Å². The van der Waals surface area contributed by atoms with Gasteiger partial charge in [-0.2, -0.15) is 4.98 Å². The largest absolute Gasteiger partial charge is 0.339 e. The molecule has 0 amide bonds. The first-order valence-electron chi connectivity index (χ1n) is 5.79. The minimum Gasteiger partial charge on any atom is -0.339 e. The van der Waals surface area contributed by atoms with Crippen molar-refractivity contribution in [1.82, 2.24) is 10.1 Å². The van der Waals surface area contributed by atoms with Crippen LogP contribution in [0.5, 0.6) is 0 Å². The number of benzene rings is 1. The number of hydrogen-bond acceptors (Lipinski definition) is 4. The molecule has 2 rings (SSSR count). The van der Waals surface area contributed by atoms with E-state index >= 15 is 0 Å². The van der Waals surface area contributed by atoms with Gasteiger partial charge in [-0.1, -0.05) is 28.0 Å². The Balaban J connectivity index is 2.10. The van der Waals surface area contributed by atoms with Gasteiger partial charge in [0.05, 0.1) is 6.42 Å². The van der Waals surface area contributed by atoms with Crippen molar-refractivity contribution in [3.63, 3.8) is 0 Å². The lowest BCUT2D eigenvalue weighted by Crippen LogP contribution is -2.01. The van der Waals surface area contributed by atoms with Crippen LogP contribution in [0.1, 0.15) is 25.7 Å². The lowest BCUT2D eigenvalue weighted by molar-refractivity contribution is -0.118. The Bertz CT molecular complexity index is 534. The zero-order chi connectivity index (χ0) is 13.0. The molecule has 0 aliphatic heterocycles. The molecule has 0 saturated heterocycles. The first kappa shape index (κ1) is 13.0. The molecule has 1 aromatic heterocycles. The second-order valence-corrected chi connectivity index (χ2v) is 4.90. The summed E-state index contributed by atoms with van der Waals surface area (Å²) >= 11 is 3.36. The zero-order valence-corrected chi connectivity index (χ0v) is 11.6. The first-order chi connectivity index (χ1) is 8.69. The molecule has 5 heteroatoms. The molecule has 18 heavy (non-hydrogen) atoms. The number of rotatable bonds is 5. The summed E-state index contributed by atoms with van der Waals surface area (Å²) in [4.78, 5) is 15.7. The van der Waals surface area contributed by atoms with Gasteiger partial charge in [-0.3, -0.25) is 4.79 Å². The molecule has 0 spiro atoms. The fourth-order valence-corrected chi connectivity index (χ4v) is 1.84. The van der Waals surface area contributed by atoms with Crippen molar-refractivity contribution in [3.05, 3.63) is 34.6 Å². The SMILES string of the molecule is CCCC(=O)Cc1nc(-c2ccc(Br)cc2)no1. The van der Waals surface area contributed by atoms with Crippen molar-refractivity contribution in [2.24, 2.45) is 0 Å². The molecule has 0 atom stereocenters. The van der Waals surface area contributed by atoms with Crippen molar-refractivity contribution in [3.8, 4) is 11.4 Å². The number of Topliss-reactive ketones (excluding diaryl/α,β-unsaturated/α-hetero) is 1. The maximum absolute atomic E-state index is 11.5. The minimum atomic E-state index is 0.128. The average molecular weight is 309 g/mol. The Labute approximate surface area is 114 Å². The highest BCUT2D eigenvalue weighted by molar-refractivity contribution is 9.10. The number of aromatic nitrogens is 2. The van der Waals surface area contributed by atoms with E-state index in [2.05, 4.69) is 26.1 Å². The van der Waals surface area contributed by atoms with Gasteiger partial charge in [-0.05, 0) is 30.7 Å². The van der Waals surface area contributed by atoms with Gasteiger partial charge in [0.2, 0.25) is 11.7 Å². The molecule has 94 valence electrons. The van der Waals surface area contributed by atoms with Crippen LogP contribution < -0.4 is 0 Å². The van der Waals surface area contributed by atoms with Gasteiger partial charge in [0.1, 0.15) is 5.78 Å². The van der Waals surface area contributed by atoms with Crippen molar-refractivity contribution in [1.29, 1.82) is 0 Å². The van der Waals surface area contributed by atoms with E-state index in [1.54, 1.807) is 0 Å². The highest BCUT2D eigenvalue weighted by Gasteiger charge is 2.11. The Hall–Kier alpha value is -1.49. The van der Waals surface area contributed by atoms with Crippen molar-refractivity contribution in [2.75, 3.05) is 0 Å². The Morgan fingerprint density at radius 3 is 2.72 bits per heavy atom. The van der Waals surface area contributed by atoms with Crippen LogP contribution in [0.15, 0.2) is 33.3 Å². The van der Waals surface area contributed by atoms with Crippen LogP contribution in [-0.4, -0.2) is 15.9 Å². The average Bonchev–Trinajstić information content (AvgIpc) is 2.78. The van der Waals surface area contributed by atoms with E-state index in [1.165, 1.54) is 0 Å². The van der Waals surface area contributed by atoms with Gasteiger partial charge in [0.25, 0.3) is 0 Å². The van der Waals surface area contributed by atoms with Crippen LogP contribution in [0.25, 0.3) is 11.4 Å². The van der Waals surface area contributed by atoms with Gasteiger partial charge in [-0.25, -0.2) is 0 Å². The number of halogens is 1. The third-order valence-corrected chi connectivity index (χ3v) is 2.98. The Morgan fingerprint density at radius 2 is 2.06 bits per heavy atom. The van der Waals surface area contributed by atoms with Crippen LogP contribution in [-0.2, 0) is 11.2 Å². The van der Waals surface area contributed by atoms with Gasteiger partial charge >= 0.3 is 0 Å². The fourth-order valence-electron chi connectivity index (χ4n) is 1.58. The van der Waals surface area contributed by atoms with E-state index in [-0.39, 0.29) is 12.2 Å². The molecule has 0 fully saturated rings. The molecule has 1 heterocycles. The van der Waals surface area contributed by atoms with Gasteiger partial charge < -0.3 is 4.52 Å². The third-order valence-electron chi connectivity index (χ3n) is 2.45. The molecule has 0 aliphatic carbocycles. The highest BCUT2D eigenvalue weighted by atomic mass is 79.9. The molecule has 2 aromatic rings. The monoisotopic (exact) mass is 308 g/mol. The summed E-state index contributed by atoms with van der Waals surface area (Å²) in [5.41, 5.74) is 0.871. The predicted octanol–water partition coefficient (Wildman–Crippen LogP) is 3.41. The summed E-state index contributed by atoms with van der Waals surface area (Å²) in [7, 11) is 0. The molecule has 1 aromatic carbocycles. The summed E-state index contributed by atoms with van der Waals surface area (Å²) < 4.78 is 6.07. The lowest BCUT2D eigenvalue weighted by Gasteiger charge is -1.94. The Kier molecular flexibility index (Phi) is 4.25. The molecular formula is C13H13BrN2O2. The fraction of sp³-hybridized carbons (Fsp3) is 0.308. The van der Waals surface area contributed by atoms with Crippen LogP contribution >= 0.6 is 15.9 Å². The van der Waals surface area contributed by atoms with Gasteiger partial charge in [0.15, 0.2) is 0 Å². The topological polar surface area (TPSA) is 56.0 Å². The second kappa shape index (κ2) is 5.91. The van der Waals surface area contributed by atoms with Crippen LogP contribution in [0, 0.1) is 0 Å². The van der Waals surface area contributed by atoms with E-state index in [0.29, 0.717) is 18.1 Å². The van der Waals surface area contributed by atoms with E-state index in [0.717, 1.165) is 16.5 Å². The minimum absolute atomic E-state index is 0.128. The number of nitrogens with zero attached hydrogens (tertiary/aromatic N) is 2. The molecule has 0 saturated carbocycles. The number of carbonyl (C=O) groups excluding carboxylic acids is 1. The molecule has 0 bridgehead atoms. The highest BCUT2D eigenvalue weighted by Crippen LogP contribution is 2.19. The molecule has 0 aliphatic rings. The van der Waals surface area contributed by atoms with E-state index in [9.17, 15) is 4.79 Å². The molecule has 0 radical (unpaired) electrons. The summed E-state index contributed by atoms with van der Waals surface area (Å²) in [5.74, 6) is 1.02. The standard InChI is InChI=1S/C13H13BrN2O2/c1-2-3-11(17)8-12-15-13(16-18-12)9-4-6-10(14)7-5-9/h4-7H,2-3,8H2,1H3. The summed E-state index contributed by atoms with van der Waals surface area (Å²) in [6, 6.07) is 7.61. The van der Waals surface area contributed by atoms with Crippen molar-refractivity contribution < 1.29 is 9.32 Å². The normalized spacial score (nSPS) is 10.6. The summed E-state index contributed by atoms with van der Waals surface area (Å²) in [6.45, 7) is 1.97. The first-order valence-corrected chi connectivity index (χ1v) is 6.58. The predicted molar refractivity (Wildman–Crippen MR) is 71.1 cm³/mol. The maximum atomic E-state index is 11.5. The summed E-state index contributed by atoms with van der Waals surface area (Å²) in [5, 5.41) is 3.88. The second-order valence-electron chi connectivity index (χ2n) is 3.98. The number of hydrogen-bond donors (Lipinski definition) is 0. The quantitative estimate of drug-likeness (QED) is 0.849. The smallest absolute Gasteiger partial charge is 0.234 e. The molecular weight excluding hydrogens is 296 g/mol. The van der Waals surface area contributed by atoms with Gasteiger partial charge in [0, 0.05) is 16.5 Å². The van der Waals surface area contributed by atoms with E-state index in [1.807, 2.05) is 31.2 Å². The summed E-state index contributed by atoms with van der Waals surface area (Å²) in [6.07, 6.45) is 1.61. The van der Waals surface area contributed by atoms with Crippen LogP contribution in [0.3, 0.4) is 0 Å². The maximum Gasteiger partial charge on any atom is 0.234 e. The molecule has 4 nitrogen and oxygen atoms in total. The molecule has 0 unspecified atom stereocenters. The Morgan fingerprint density at radius 1 is 1.33 bits per heavy atom.